The fourth-order valence-corrected chi connectivity index (χ4v) is 5.34. The summed E-state index contributed by atoms with van der Waals surface area (Å²) < 4.78 is 5.00. The molecule has 6 nitrogen and oxygen atoms in total. The molecule has 156 valence electrons. The first-order valence-electron chi connectivity index (χ1n) is 10.7. The number of methoxy groups -OCH3 is 1. The van der Waals surface area contributed by atoms with Crippen LogP contribution >= 0.6 is 0 Å². The minimum absolute atomic E-state index is 0.0120. The van der Waals surface area contributed by atoms with Crippen LogP contribution in [0.25, 0.3) is 0 Å². The Morgan fingerprint density at radius 3 is 2.59 bits per heavy atom. The first kappa shape index (κ1) is 19.9. The van der Waals surface area contributed by atoms with Gasteiger partial charge in [0.15, 0.2) is 0 Å². The second-order valence-electron chi connectivity index (χ2n) is 8.79. The van der Waals surface area contributed by atoms with Crippen LogP contribution in [-0.4, -0.2) is 53.3 Å². The van der Waals surface area contributed by atoms with E-state index in [2.05, 4.69) is 0 Å². The predicted molar refractivity (Wildman–Crippen MR) is 108 cm³/mol. The standard InChI is InChI=1S/C23H30N2O4/c1-15-7-9-16(10-8-15)13-24-14-18(12-21(24)26)22(27)25-19-6-4-3-5-17(19)11-20(25)23(28)29-2/h7-10,17-20H,3-6,11-14H2,1-2H3. The summed E-state index contributed by atoms with van der Waals surface area (Å²) >= 11 is 0. The lowest BCUT2D eigenvalue weighted by Gasteiger charge is -2.34. The van der Waals surface area contributed by atoms with Crippen molar-refractivity contribution in [3.8, 4) is 0 Å². The van der Waals surface area contributed by atoms with E-state index in [0.29, 0.717) is 25.4 Å². The lowest BCUT2D eigenvalue weighted by atomic mass is 9.84. The maximum atomic E-state index is 13.5. The first-order chi connectivity index (χ1) is 14.0. The summed E-state index contributed by atoms with van der Waals surface area (Å²) in [6.07, 6.45) is 5.16. The number of aryl methyl sites for hydroxylation is 1. The molecule has 2 saturated heterocycles. The maximum Gasteiger partial charge on any atom is 0.328 e. The van der Waals surface area contributed by atoms with Crippen LogP contribution in [0.1, 0.15) is 49.7 Å². The van der Waals surface area contributed by atoms with Gasteiger partial charge in [-0.05, 0) is 37.7 Å². The van der Waals surface area contributed by atoms with Gasteiger partial charge in [0.05, 0.1) is 13.0 Å². The van der Waals surface area contributed by atoms with Crippen LogP contribution in [-0.2, 0) is 25.7 Å². The monoisotopic (exact) mass is 398 g/mol. The molecule has 3 aliphatic rings. The van der Waals surface area contributed by atoms with Crippen molar-refractivity contribution in [1.29, 1.82) is 0 Å². The third kappa shape index (κ3) is 3.89. The van der Waals surface area contributed by atoms with Gasteiger partial charge in [-0.3, -0.25) is 9.59 Å². The van der Waals surface area contributed by atoms with Crippen LogP contribution < -0.4 is 0 Å². The van der Waals surface area contributed by atoms with Gasteiger partial charge in [0, 0.05) is 25.6 Å². The molecule has 4 atom stereocenters. The molecule has 4 rings (SSSR count). The number of esters is 1. The summed E-state index contributed by atoms with van der Waals surface area (Å²) in [6, 6.07) is 7.74. The van der Waals surface area contributed by atoms with E-state index >= 15 is 0 Å². The molecule has 0 spiro atoms. The van der Waals surface area contributed by atoms with Gasteiger partial charge in [-0.2, -0.15) is 0 Å². The number of hydrogen-bond acceptors (Lipinski definition) is 4. The molecule has 1 aromatic carbocycles. The van der Waals surface area contributed by atoms with Gasteiger partial charge in [0.2, 0.25) is 11.8 Å². The molecule has 29 heavy (non-hydrogen) atoms. The zero-order chi connectivity index (χ0) is 20.5. The molecule has 0 aromatic heterocycles. The highest BCUT2D eigenvalue weighted by molar-refractivity contribution is 5.92. The minimum Gasteiger partial charge on any atom is -0.467 e. The SMILES string of the molecule is COC(=O)C1CC2CCCCC2N1C(=O)C1CC(=O)N(Cc2ccc(C)cc2)C1. The fraction of sp³-hybridized carbons (Fsp3) is 0.609. The third-order valence-electron chi connectivity index (χ3n) is 6.87. The summed E-state index contributed by atoms with van der Waals surface area (Å²) in [7, 11) is 1.38. The summed E-state index contributed by atoms with van der Waals surface area (Å²) in [5.41, 5.74) is 2.25. The maximum absolute atomic E-state index is 13.5. The zero-order valence-electron chi connectivity index (χ0n) is 17.3. The quantitative estimate of drug-likeness (QED) is 0.732. The highest BCUT2D eigenvalue weighted by atomic mass is 16.5. The summed E-state index contributed by atoms with van der Waals surface area (Å²) in [5.74, 6) is -0.362. The van der Waals surface area contributed by atoms with Gasteiger partial charge in [0.25, 0.3) is 0 Å². The molecule has 0 radical (unpaired) electrons. The number of likely N-dealkylation sites (tertiary alicyclic amines) is 2. The molecule has 2 amide bonds. The average Bonchev–Trinajstić information content (AvgIpc) is 3.29. The second-order valence-corrected chi connectivity index (χ2v) is 8.79. The van der Waals surface area contributed by atoms with Crippen molar-refractivity contribution in [3.63, 3.8) is 0 Å². The number of benzene rings is 1. The number of carbonyl (C=O) groups is 3. The molecule has 3 fully saturated rings. The van der Waals surface area contributed by atoms with Crippen molar-refractivity contribution >= 4 is 17.8 Å². The van der Waals surface area contributed by atoms with Gasteiger partial charge < -0.3 is 14.5 Å². The molecular formula is C23H30N2O4. The number of amides is 2. The van der Waals surface area contributed by atoms with Gasteiger partial charge in [-0.25, -0.2) is 4.79 Å². The smallest absolute Gasteiger partial charge is 0.328 e. The van der Waals surface area contributed by atoms with E-state index < -0.39 is 6.04 Å². The Morgan fingerprint density at radius 2 is 1.86 bits per heavy atom. The molecule has 1 aliphatic carbocycles. The molecule has 1 saturated carbocycles. The number of fused-ring (bicyclic) bond motifs is 1. The Hall–Kier alpha value is -2.37. The molecule has 4 unspecified atom stereocenters. The van der Waals surface area contributed by atoms with Gasteiger partial charge in [0.1, 0.15) is 6.04 Å². The zero-order valence-corrected chi connectivity index (χ0v) is 17.3. The van der Waals surface area contributed by atoms with E-state index in [0.717, 1.165) is 31.2 Å². The van der Waals surface area contributed by atoms with E-state index in [-0.39, 0.29) is 36.2 Å². The van der Waals surface area contributed by atoms with E-state index in [1.807, 2.05) is 31.2 Å². The number of carbonyl (C=O) groups excluding carboxylic acids is 3. The largest absolute Gasteiger partial charge is 0.467 e. The van der Waals surface area contributed by atoms with Crippen LogP contribution in [0.3, 0.4) is 0 Å². The highest BCUT2D eigenvalue weighted by Gasteiger charge is 2.50. The average molecular weight is 399 g/mol. The molecule has 6 heteroatoms. The van der Waals surface area contributed by atoms with Gasteiger partial charge in [-0.15, -0.1) is 0 Å². The van der Waals surface area contributed by atoms with Crippen LogP contribution in [0.4, 0.5) is 0 Å². The minimum atomic E-state index is -0.498. The highest BCUT2D eigenvalue weighted by Crippen LogP contribution is 2.41. The van der Waals surface area contributed by atoms with Crippen molar-refractivity contribution in [2.45, 2.75) is 64.1 Å². The van der Waals surface area contributed by atoms with Crippen molar-refractivity contribution in [2.24, 2.45) is 11.8 Å². The Balaban J connectivity index is 1.48. The number of hydrogen-bond donors (Lipinski definition) is 0. The first-order valence-corrected chi connectivity index (χ1v) is 10.7. The summed E-state index contributed by atoms with van der Waals surface area (Å²) in [6.45, 7) is 2.98. The lowest BCUT2D eigenvalue weighted by molar-refractivity contribution is -0.154. The molecule has 0 bridgehead atoms. The van der Waals surface area contributed by atoms with Crippen LogP contribution in [0.15, 0.2) is 24.3 Å². The van der Waals surface area contributed by atoms with Crippen LogP contribution in [0, 0.1) is 18.8 Å². The summed E-state index contributed by atoms with van der Waals surface area (Å²) in [4.78, 5) is 42.0. The van der Waals surface area contributed by atoms with Crippen molar-refractivity contribution < 1.29 is 19.1 Å². The number of rotatable bonds is 4. The number of ether oxygens (including phenoxy) is 1. The third-order valence-corrected chi connectivity index (χ3v) is 6.87. The van der Waals surface area contributed by atoms with Gasteiger partial charge >= 0.3 is 5.97 Å². The molecular weight excluding hydrogens is 368 g/mol. The van der Waals surface area contributed by atoms with Crippen LogP contribution in [0.2, 0.25) is 0 Å². The molecule has 0 N–H and O–H groups in total. The molecule has 2 aliphatic heterocycles. The topological polar surface area (TPSA) is 66.9 Å². The fourth-order valence-electron chi connectivity index (χ4n) is 5.34. The Kier molecular flexibility index (Phi) is 5.61. The van der Waals surface area contributed by atoms with E-state index in [1.165, 1.54) is 12.7 Å². The predicted octanol–water partition coefficient (Wildman–Crippen LogP) is 2.68. The van der Waals surface area contributed by atoms with Crippen molar-refractivity contribution in [3.05, 3.63) is 35.4 Å². The summed E-state index contributed by atoms with van der Waals surface area (Å²) in [5, 5.41) is 0. The van der Waals surface area contributed by atoms with Gasteiger partial charge in [-0.1, -0.05) is 42.7 Å². The molecule has 2 heterocycles. The Bertz CT molecular complexity index is 791. The number of nitrogens with zero attached hydrogens (tertiary/aromatic N) is 2. The van der Waals surface area contributed by atoms with E-state index in [1.54, 1.807) is 9.80 Å². The Morgan fingerprint density at radius 1 is 1.14 bits per heavy atom. The van der Waals surface area contributed by atoms with E-state index in [4.69, 9.17) is 4.74 Å². The van der Waals surface area contributed by atoms with E-state index in [9.17, 15) is 14.4 Å². The van der Waals surface area contributed by atoms with Crippen molar-refractivity contribution in [2.75, 3.05) is 13.7 Å². The van der Waals surface area contributed by atoms with Crippen molar-refractivity contribution in [1.82, 2.24) is 9.80 Å². The lowest BCUT2D eigenvalue weighted by Crippen LogP contribution is -2.49. The normalized spacial score (nSPS) is 29.1. The second kappa shape index (κ2) is 8.17. The van der Waals surface area contributed by atoms with Crippen LogP contribution in [0.5, 0.6) is 0 Å². The Labute approximate surface area is 172 Å². The molecule has 1 aromatic rings.